The van der Waals surface area contributed by atoms with Crippen molar-refractivity contribution in [3.05, 3.63) is 108 Å². The molecule has 0 radical (unpaired) electrons. The van der Waals surface area contributed by atoms with Crippen LogP contribution in [0.2, 0.25) is 0 Å². The highest BCUT2D eigenvalue weighted by Crippen LogP contribution is 2.23. The molecule has 0 heterocycles. The molecule has 0 aliphatic carbocycles. The first-order chi connectivity index (χ1) is 16.1. The van der Waals surface area contributed by atoms with Crippen molar-refractivity contribution in [2.24, 2.45) is 5.10 Å². The van der Waals surface area contributed by atoms with E-state index in [-0.39, 0.29) is 11.2 Å². The van der Waals surface area contributed by atoms with Gasteiger partial charge >= 0.3 is 0 Å². The van der Waals surface area contributed by atoms with E-state index in [1.165, 1.54) is 28.1 Å². The summed E-state index contributed by atoms with van der Waals surface area (Å²) < 4.78 is 5.92. The zero-order chi connectivity index (χ0) is 23.0. The molecule has 0 unspecified atom stereocenters. The minimum absolute atomic E-state index is 0.132. The minimum Gasteiger partial charge on any atom is -0.489 e. The van der Waals surface area contributed by atoms with Gasteiger partial charge in [0.05, 0.1) is 11.5 Å². The molecular formula is C28H26N2O2S. The summed E-state index contributed by atoms with van der Waals surface area (Å²) in [6.45, 7) is 4.42. The monoisotopic (exact) mass is 454 g/mol. The number of carbonyl (C=O) groups excluding carboxylic acids is 1. The summed E-state index contributed by atoms with van der Waals surface area (Å²) in [4.78, 5) is 13.4. The lowest BCUT2D eigenvalue weighted by Crippen LogP contribution is -2.26. The maximum absolute atomic E-state index is 12.3. The largest absolute Gasteiger partial charge is 0.489 e. The Morgan fingerprint density at radius 1 is 0.970 bits per heavy atom. The molecule has 4 rings (SSSR count). The fourth-order valence-electron chi connectivity index (χ4n) is 3.28. The number of fused-ring (bicyclic) bond motifs is 1. The van der Waals surface area contributed by atoms with E-state index in [1.54, 1.807) is 6.21 Å². The normalized spacial score (nSPS) is 12.1. The van der Waals surface area contributed by atoms with E-state index in [2.05, 4.69) is 40.9 Å². The molecule has 166 valence electrons. The molecular weight excluding hydrogens is 428 g/mol. The van der Waals surface area contributed by atoms with Crippen molar-refractivity contribution in [1.82, 2.24) is 5.43 Å². The van der Waals surface area contributed by atoms with Crippen molar-refractivity contribution in [1.29, 1.82) is 0 Å². The Morgan fingerprint density at radius 2 is 1.70 bits per heavy atom. The van der Waals surface area contributed by atoms with Crippen molar-refractivity contribution in [2.75, 3.05) is 0 Å². The molecule has 0 aromatic heterocycles. The highest BCUT2D eigenvalue weighted by molar-refractivity contribution is 8.00. The van der Waals surface area contributed by atoms with Gasteiger partial charge in [0.15, 0.2) is 0 Å². The van der Waals surface area contributed by atoms with Crippen LogP contribution in [0, 0.1) is 6.92 Å². The molecule has 0 fully saturated rings. The lowest BCUT2D eigenvalue weighted by atomic mass is 10.1. The van der Waals surface area contributed by atoms with Gasteiger partial charge in [0.1, 0.15) is 12.4 Å². The van der Waals surface area contributed by atoms with Crippen molar-refractivity contribution < 1.29 is 9.53 Å². The van der Waals surface area contributed by atoms with Crippen LogP contribution in [0.3, 0.4) is 0 Å². The Bertz CT molecular complexity index is 1250. The number of amides is 1. The molecule has 4 aromatic carbocycles. The van der Waals surface area contributed by atoms with E-state index in [9.17, 15) is 4.79 Å². The predicted molar refractivity (Wildman–Crippen MR) is 137 cm³/mol. The lowest BCUT2D eigenvalue weighted by molar-refractivity contribution is -0.120. The number of aryl methyl sites for hydroxylation is 1. The topological polar surface area (TPSA) is 50.7 Å². The molecule has 4 aromatic rings. The number of hydrogen-bond acceptors (Lipinski definition) is 4. The number of benzene rings is 4. The summed E-state index contributed by atoms with van der Waals surface area (Å²) in [6.07, 6.45) is 1.63. The van der Waals surface area contributed by atoms with Crippen LogP contribution in [-0.4, -0.2) is 17.4 Å². The summed E-state index contributed by atoms with van der Waals surface area (Å²) >= 11 is 1.51. The summed E-state index contributed by atoms with van der Waals surface area (Å²) in [5, 5.41) is 6.28. The SMILES string of the molecule is Cc1ccc(S[C@@H](C)C(=O)N/N=C\c2ccc(OCc3ccc4ccccc4c3)cc2)cc1. The number of ether oxygens (including phenoxy) is 1. The van der Waals surface area contributed by atoms with E-state index in [0.717, 1.165) is 21.8 Å². The quantitative estimate of drug-likeness (QED) is 0.191. The van der Waals surface area contributed by atoms with Gasteiger partial charge in [-0.2, -0.15) is 5.10 Å². The van der Waals surface area contributed by atoms with Crippen LogP contribution in [0.1, 0.15) is 23.6 Å². The van der Waals surface area contributed by atoms with Crippen LogP contribution in [0.5, 0.6) is 5.75 Å². The van der Waals surface area contributed by atoms with Gasteiger partial charge in [-0.15, -0.1) is 11.8 Å². The molecule has 0 aliphatic heterocycles. The number of thioether (sulfide) groups is 1. The Morgan fingerprint density at radius 3 is 2.45 bits per heavy atom. The molecule has 1 atom stereocenters. The van der Waals surface area contributed by atoms with Crippen LogP contribution in [-0.2, 0) is 11.4 Å². The third-order valence-corrected chi connectivity index (χ3v) is 6.30. The van der Waals surface area contributed by atoms with Gasteiger partial charge in [-0.05, 0) is 78.2 Å². The summed E-state index contributed by atoms with van der Waals surface area (Å²) in [5.74, 6) is 0.652. The summed E-state index contributed by atoms with van der Waals surface area (Å²) in [5.41, 5.74) is 5.82. The second kappa shape index (κ2) is 10.8. The number of nitrogens with one attached hydrogen (secondary N) is 1. The van der Waals surface area contributed by atoms with Gasteiger partial charge in [-0.3, -0.25) is 4.79 Å². The summed E-state index contributed by atoms with van der Waals surface area (Å²) in [6, 6.07) is 30.4. The second-order valence-corrected chi connectivity index (χ2v) is 9.26. The number of hydrazone groups is 1. The molecule has 5 heteroatoms. The van der Waals surface area contributed by atoms with Crippen LogP contribution in [0.15, 0.2) is 101 Å². The Balaban J connectivity index is 1.26. The first kappa shape index (κ1) is 22.6. The fraction of sp³-hybridized carbons (Fsp3) is 0.143. The van der Waals surface area contributed by atoms with Gasteiger partial charge in [0, 0.05) is 4.90 Å². The Labute approximate surface area is 198 Å². The van der Waals surface area contributed by atoms with Crippen molar-refractivity contribution in [3.63, 3.8) is 0 Å². The first-order valence-electron chi connectivity index (χ1n) is 10.8. The average molecular weight is 455 g/mol. The predicted octanol–water partition coefficient (Wildman–Crippen LogP) is 6.36. The van der Waals surface area contributed by atoms with E-state index >= 15 is 0 Å². The number of hydrogen-bond donors (Lipinski definition) is 1. The van der Waals surface area contributed by atoms with Crippen LogP contribution < -0.4 is 10.2 Å². The molecule has 1 N–H and O–H groups in total. The van der Waals surface area contributed by atoms with E-state index in [0.29, 0.717) is 6.61 Å². The Kier molecular flexibility index (Phi) is 7.43. The molecule has 0 spiro atoms. The van der Waals surface area contributed by atoms with Crippen LogP contribution in [0.4, 0.5) is 0 Å². The molecule has 0 bridgehead atoms. The highest BCUT2D eigenvalue weighted by Gasteiger charge is 2.13. The third-order valence-electron chi connectivity index (χ3n) is 5.19. The van der Waals surface area contributed by atoms with Crippen LogP contribution in [0.25, 0.3) is 10.8 Å². The molecule has 0 saturated carbocycles. The minimum atomic E-state index is -0.240. The zero-order valence-electron chi connectivity index (χ0n) is 18.7. The molecule has 0 saturated heterocycles. The maximum atomic E-state index is 12.3. The summed E-state index contributed by atoms with van der Waals surface area (Å²) in [7, 11) is 0. The van der Waals surface area contributed by atoms with Gasteiger partial charge in [-0.25, -0.2) is 5.43 Å². The average Bonchev–Trinajstić information content (AvgIpc) is 2.84. The molecule has 1 amide bonds. The smallest absolute Gasteiger partial charge is 0.253 e. The van der Waals surface area contributed by atoms with Gasteiger partial charge < -0.3 is 4.74 Å². The van der Waals surface area contributed by atoms with Gasteiger partial charge in [0.25, 0.3) is 5.91 Å². The van der Waals surface area contributed by atoms with E-state index in [1.807, 2.05) is 74.5 Å². The second-order valence-electron chi connectivity index (χ2n) is 7.85. The number of rotatable bonds is 8. The molecule has 4 nitrogen and oxygen atoms in total. The van der Waals surface area contributed by atoms with Crippen molar-refractivity contribution in [2.45, 2.75) is 30.6 Å². The fourth-order valence-corrected chi connectivity index (χ4v) is 4.14. The van der Waals surface area contributed by atoms with Gasteiger partial charge in [0.2, 0.25) is 0 Å². The number of carbonyl (C=O) groups is 1. The highest BCUT2D eigenvalue weighted by atomic mass is 32.2. The zero-order valence-corrected chi connectivity index (χ0v) is 19.5. The van der Waals surface area contributed by atoms with Crippen molar-refractivity contribution in [3.8, 4) is 5.75 Å². The lowest BCUT2D eigenvalue weighted by Gasteiger charge is -2.09. The first-order valence-corrected chi connectivity index (χ1v) is 11.7. The maximum Gasteiger partial charge on any atom is 0.253 e. The third kappa shape index (κ3) is 6.46. The number of nitrogens with zero attached hydrogens (tertiary/aromatic N) is 1. The van der Waals surface area contributed by atoms with Crippen molar-refractivity contribution >= 4 is 34.7 Å². The van der Waals surface area contributed by atoms with E-state index in [4.69, 9.17) is 4.74 Å². The van der Waals surface area contributed by atoms with Crippen LogP contribution >= 0.6 is 11.8 Å². The standard InChI is InChI=1S/C28H26N2O2S/c1-20-7-15-27(16-8-20)33-21(2)28(31)30-29-18-22-10-13-26(14-11-22)32-19-23-9-12-24-5-3-4-6-25(24)17-23/h3-18,21H,19H2,1-2H3,(H,30,31)/b29-18-/t21-/m0/s1. The molecule has 0 aliphatic rings. The van der Waals surface area contributed by atoms with E-state index < -0.39 is 0 Å². The molecule has 33 heavy (non-hydrogen) atoms. The van der Waals surface area contributed by atoms with Gasteiger partial charge in [-0.1, -0.05) is 54.1 Å². The Hall–Kier alpha value is -3.57.